The second-order valence-electron chi connectivity index (χ2n) is 7.07. The lowest BCUT2D eigenvalue weighted by Gasteiger charge is -2.13. The van der Waals surface area contributed by atoms with Crippen molar-refractivity contribution in [2.45, 2.75) is 13.2 Å². The van der Waals surface area contributed by atoms with Crippen molar-refractivity contribution >= 4 is 29.4 Å². The minimum Gasteiger partial charge on any atom is -0.480 e. The first-order chi connectivity index (χ1) is 15.8. The van der Waals surface area contributed by atoms with Crippen molar-refractivity contribution in [2.75, 3.05) is 52.3 Å². The largest absolute Gasteiger partial charge is 0.480 e. The van der Waals surface area contributed by atoms with Gasteiger partial charge in [0.1, 0.15) is 18.4 Å². The van der Waals surface area contributed by atoms with Gasteiger partial charge in [-0.05, 0) is 18.2 Å². The van der Waals surface area contributed by atoms with Gasteiger partial charge in [0, 0.05) is 19.2 Å². The molecule has 0 saturated carbocycles. The second kappa shape index (κ2) is 14.2. The monoisotopic (exact) mass is 481 g/mol. The van der Waals surface area contributed by atoms with Gasteiger partial charge in [-0.2, -0.15) is 4.98 Å². The summed E-state index contributed by atoms with van der Waals surface area (Å²) in [7, 11) is 1.70. The van der Waals surface area contributed by atoms with Crippen LogP contribution in [0.15, 0.2) is 30.3 Å². The Bertz CT molecular complexity index is 879. The molecule has 0 fully saturated rings. The van der Waals surface area contributed by atoms with Crippen LogP contribution in [0.5, 0.6) is 5.88 Å². The van der Waals surface area contributed by atoms with Crippen molar-refractivity contribution in [3.8, 4) is 5.88 Å². The number of nitrogens with zero attached hydrogens (tertiary/aromatic N) is 3. The van der Waals surface area contributed by atoms with Crippen LogP contribution in [0, 0.1) is 0 Å². The number of hydrogen-bond acceptors (Lipinski definition) is 9. The summed E-state index contributed by atoms with van der Waals surface area (Å²) in [6.45, 7) is 2.03. The van der Waals surface area contributed by atoms with Gasteiger partial charge in [0.25, 0.3) is 0 Å². The smallest absolute Gasteiger partial charge is 0.317 e. The lowest BCUT2D eigenvalue weighted by atomic mass is 10.1. The van der Waals surface area contributed by atoms with Crippen molar-refractivity contribution in [3.63, 3.8) is 0 Å². The molecule has 1 aromatic heterocycles. The molecule has 33 heavy (non-hydrogen) atoms. The Morgan fingerprint density at radius 3 is 2.52 bits per heavy atom. The third-order valence-corrected chi connectivity index (χ3v) is 4.41. The molecule has 0 saturated heterocycles. The van der Waals surface area contributed by atoms with Crippen LogP contribution in [0.1, 0.15) is 11.1 Å². The van der Waals surface area contributed by atoms with Crippen molar-refractivity contribution in [3.05, 3.63) is 46.6 Å². The first-order valence-corrected chi connectivity index (χ1v) is 10.5. The number of nitrogen functional groups attached to an aromatic ring is 1. The Labute approximate surface area is 196 Å². The zero-order chi connectivity index (χ0) is 24.1. The standard InChI is InChI=1S/C21H28ClN5O6/c1-27(12-20(29)30)6-7-31-8-9-32-14-18(28)24-11-15-2-4-16(5-3-15)13-33-19-10-17(22)25-21(23)26-19/h2-5,10H,6-9,11-14H2,1H3,(H,24,28)(H,29,30)(H2,23,25,26). The summed E-state index contributed by atoms with van der Waals surface area (Å²) < 4.78 is 16.2. The SMILES string of the molecule is CN(CCOCCOCC(=O)NCc1ccc(COc2cc(Cl)nc(N)n2)cc1)CC(=O)O. The molecule has 0 atom stereocenters. The van der Waals surface area contributed by atoms with Crippen molar-refractivity contribution in [1.82, 2.24) is 20.2 Å². The number of nitrogens with one attached hydrogen (secondary N) is 1. The van der Waals surface area contributed by atoms with Gasteiger partial charge in [-0.1, -0.05) is 35.9 Å². The van der Waals surface area contributed by atoms with Gasteiger partial charge in [0.05, 0.1) is 26.4 Å². The Hall–Kier alpha value is -2.99. The van der Waals surface area contributed by atoms with Crippen molar-refractivity contribution in [2.24, 2.45) is 0 Å². The number of anilines is 1. The molecule has 0 bridgehead atoms. The molecule has 1 aromatic carbocycles. The summed E-state index contributed by atoms with van der Waals surface area (Å²) in [6, 6.07) is 9.02. The average Bonchev–Trinajstić information content (AvgIpc) is 2.75. The third-order valence-electron chi connectivity index (χ3n) is 4.22. The number of carboxylic acids is 1. The Kier molecular flexibility index (Phi) is 11.3. The molecule has 4 N–H and O–H groups in total. The fraction of sp³-hybridized carbons (Fsp3) is 0.429. The summed E-state index contributed by atoms with van der Waals surface area (Å²) in [5.74, 6) is -0.783. The molecule has 1 amide bonds. The van der Waals surface area contributed by atoms with Crippen LogP contribution in [0.2, 0.25) is 5.15 Å². The average molecular weight is 482 g/mol. The Balaban J connectivity index is 1.56. The van der Waals surface area contributed by atoms with E-state index in [1.54, 1.807) is 11.9 Å². The number of ether oxygens (including phenoxy) is 3. The molecule has 0 aliphatic heterocycles. The zero-order valence-corrected chi connectivity index (χ0v) is 19.1. The topological polar surface area (TPSA) is 149 Å². The molecular weight excluding hydrogens is 454 g/mol. The van der Waals surface area contributed by atoms with E-state index in [1.807, 2.05) is 24.3 Å². The van der Waals surface area contributed by atoms with Crippen LogP contribution >= 0.6 is 11.6 Å². The highest BCUT2D eigenvalue weighted by atomic mass is 35.5. The molecule has 1 heterocycles. The zero-order valence-electron chi connectivity index (χ0n) is 18.3. The van der Waals surface area contributed by atoms with E-state index in [-0.39, 0.29) is 43.4 Å². The molecule has 0 aliphatic rings. The van der Waals surface area contributed by atoms with Crippen LogP contribution in [0.4, 0.5) is 5.95 Å². The number of hydrogen-bond donors (Lipinski definition) is 3. The van der Waals surface area contributed by atoms with E-state index >= 15 is 0 Å². The molecule has 2 aromatic rings. The highest BCUT2D eigenvalue weighted by Crippen LogP contribution is 2.16. The van der Waals surface area contributed by atoms with Crippen LogP contribution in [0.25, 0.3) is 0 Å². The molecular formula is C21H28ClN5O6. The number of benzene rings is 1. The first kappa shape index (κ1) is 26.3. The fourth-order valence-electron chi connectivity index (χ4n) is 2.57. The van der Waals surface area contributed by atoms with Crippen LogP contribution in [-0.4, -0.2) is 78.4 Å². The quantitative estimate of drug-likeness (QED) is 0.248. The number of carboxylic acid groups (broad SMARTS) is 1. The second-order valence-corrected chi connectivity index (χ2v) is 7.45. The van der Waals surface area contributed by atoms with Gasteiger partial charge in [-0.3, -0.25) is 14.5 Å². The fourth-order valence-corrected chi connectivity index (χ4v) is 2.75. The number of aliphatic carboxylic acids is 1. The number of carbonyl (C=O) groups is 2. The number of carbonyl (C=O) groups excluding carboxylic acids is 1. The van der Waals surface area contributed by atoms with Crippen molar-refractivity contribution in [1.29, 1.82) is 0 Å². The van der Waals surface area contributed by atoms with E-state index in [0.717, 1.165) is 11.1 Å². The molecule has 0 radical (unpaired) electrons. The molecule has 12 heteroatoms. The van der Waals surface area contributed by atoms with Gasteiger partial charge in [-0.25, -0.2) is 4.98 Å². The maximum absolute atomic E-state index is 11.9. The van der Waals surface area contributed by atoms with E-state index in [0.29, 0.717) is 32.2 Å². The highest BCUT2D eigenvalue weighted by molar-refractivity contribution is 6.29. The lowest BCUT2D eigenvalue weighted by Crippen LogP contribution is -2.29. The van der Waals surface area contributed by atoms with Crippen LogP contribution in [-0.2, 0) is 32.2 Å². The minimum absolute atomic E-state index is 0.0372. The van der Waals surface area contributed by atoms with Gasteiger partial charge < -0.3 is 30.4 Å². The van der Waals surface area contributed by atoms with E-state index in [1.165, 1.54) is 6.07 Å². The number of halogens is 1. The van der Waals surface area contributed by atoms with Gasteiger partial charge in [-0.15, -0.1) is 0 Å². The summed E-state index contributed by atoms with van der Waals surface area (Å²) in [6.07, 6.45) is 0. The maximum atomic E-state index is 11.9. The number of nitrogens with two attached hydrogens (primary N) is 1. The van der Waals surface area contributed by atoms with Gasteiger partial charge in [0.2, 0.25) is 17.7 Å². The molecule has 0 aliphatic carbocycles. The summed E-state index contributed by atoms with van der Waals surface area (Å²) in [5, 5.41) is 11.6. The Morgan fingerprint density at radius 1 is 1.12 bits per heavy atom. The van der Waals surface area contributed by atoms with E-state index in [2.05, 4.69) is 15.3 Å². The number of amides is 1. The molecule has 2 rings (SSSR count). The maximum Gasteiger partial charge on any atom is 0.317 e. The minimum atomic E-state index is -0.882. The molecule has 180 valence electrons. The lowest BCUT2D eigenvalue weighted by molar-refractivity contribution is -0.138. The predicted molar refractivity (Wildman–Crippen MR) is 121 cm³/mol. The van der Waals surface area contributed by atoms with Crippen LogP contribution < -0.4 is 15.8 Å². The Morgan fingerprint density at radius 2 is 1.82 bits per heavy atom. The number of rotatable bonds is 15. The molecule has 11 nitrogen and oxygen atoms in total. The van der Waals surface area contributed by atoms with E-state index < -0.39 is 5.97 Å². The normalized spacial score (nSPS) is 10.9. The molecule has 0 spiro atoms. The van der Waals surface area contributed by atoms with E-state index in [4.69, 9.17) is 36.7 Å². The van der Waals surface area contributed by atoms with Gasteiger partial charge >= 0.3 is 5.97 Å². The number of aromatic nitrogens is 2. The third kappa shape index (κ3) is 11.4. The van der Waals surface area contributed by atoms with Crippen LogP contribution in [0.3, 0.4) is 0 Å². The summed E-state index contributed by atoms with van der Waals surface area (Å²) in [4.78, 5) is 31.8. The van der Waals surface area contributed by atoms with Gasteiger partial charge in [0.15, 0.2) is 0 Å². The number of likely N-dealkylation sites (N-methyl/N-ethyl adjacent to an activating group) is 1. The predicted octanol–water partition coefficient (Wildman–Crippen LogP) is 0.957. The summed E-state index contributed by atoms with van der Waals surface area (Å²) >= 11 is 5.82. The first-order valence-electron chi connectivity index (χ1n) is 10.1. The van der Waals surface area contributed by atoms with E-state index in [9.17, 15) is 9.59 Å². The highest BCUT2D eigenvalue weighted by Gasteiger charge is 2.05. The molecule has 0 unspecified atom stereocenters. The van der Waals surface area contributed by atoms with Crippen molar-refractivity contribution < 1.29 is 28.9 Å². The summed E-state index contributed by atoms with van der Waals surface area (Å²) in [5.41, 5.74) is 7.37.